The number of likely N-dealkylation sites (tertiary alicyclic amines) is 1. The summed E-state index contributed by atoms with van der Waals surface area (Å²) in [5.41, 5.74) is 3.97. The Morgan fingerprint density at radius 1 is 1.18 bits per heavy atom. The van der Waals surface area contributed by atoms with Crippen molar-refractivity contribution in [3.8, 4) is 5.75 Å². The largest absolute Gasteiger partial charge is 0.496 e. The van der Waals surface area contributed by atoms with E-state index in [4.69, 9.17) is 14.7 Å². The topological polar surface area (TPSA) is 76.4 Å². The van der Waals surface area contributed by atoms with E-state index >= 15 is 0 Å². The van der Waals surface area contributed by atoms with Crippen molar-refractivity contribution in [1.29, 1.82) is 0 Å². The number of para-hydroxylation sites is 1. The molecule has 2 aliphatic heterocycles. The third-order valence-corrected chi connectivity index (χ3v) is 6.68. The molecule has 2 aliphatic rings. The summed E-state index contributed by atoms with van der Waals surface area (Å²) in [5, 5.41) is 4.16. The number of carbonyl (C=O) groups excluding carboxylic acids is 1. The smallest absolute Gasteiger partial charge is 0.257 e. The van der Waals surface area contributed by atoms with Gasteiger partial charge in [0, 0.05) is 49.7 Å². The van der Waals surface area contributed by atoms with Gasteiger partial charge >= 0.3 is 0 Å². The van der Waals surface area contributed by atoms with Crippen LogP contribution < -0.4 is 9.64 Å². The van der Waals surface area contributed by atoms with Crippen LogP contribution in [0.15, 0.2) is 36.7 Å². The van der Waals surface area contributed by atoms with Crippen LogP contribution in [0.1, 0.15) is 58.3 Å². The molecule has 0 radical (unpaired) electrons. The molecule has 0 spiro atoms. The summed E-state index contributed by atoms with van der Waals surface area (Å²) in [6.45, 7) is 4.45. The van der Waals surface area contributed by atoms with Gasteiger partial charge in [-0.15, -0.1) is 0 Å². The third kappa shape index (κ3) is 4.05. The summed E-state index contributed by atoms with van der Waals surface area (Å²) in [6.07, 6.45) is 7.27. The number of nitrogens with zero attached hydrogens (tertiary/aromatic N) is 6. The Hall–Kier alpha value is -3.42. The fourth-order valence-corrected chi connectivity index (χ4v) is 5.03. The molecule has 3 aromatic rings. The molecule has 1 unspecified atom stereocenters. The van der Waals surface area contributed by atoms with Crippen molar-refractivity contribution in [2.75, 3.05) is 25.1 Å². The van der Waals surface area contributed by atoms with Crippen LogP contribution in [0, 0.1) is 6.92 Å². The lowest BCUT2D eigenvalue weighted by atomic mass is 10.0. The number of rotatable bonds is 5. The first-order valence-electron chi connectivity index (χ1n) is 11.6. The number of aryl methyl sites for hydroxylation is 2. The highest BCUT2D eigenvalue weighted by molar-refractivity contribution is 5.94. The van der Waals surface area contributed by atoms with Gasteiger partial charge in [-0.25, -0.2) is 9.97 Å². The molecule has 8 nitrogen and oxygen atoms in total. The predicted octanol–water partition coefficient (Wildman–Crippen LogP) is 3.46. The van der Waals surface area contributed by atoms with Crippen LogP contribution in [0.4, 0.5) is 5.82 Å². The lowest BCUT2D eigenvalue weighted by Gasteiger charge is -2.32. The Balaban J connectivity index is 1.47. The van der Waals surface area contributed by atoms with E-state index in [1.165, 1.54) is 5.56 Å². The Bertz CT molecular complexity index is 1170. The van der Waals surface area contributed by atoms with E-state index in [0.717, 1.165) is 67.4 Å². The number of ether oxygens (including phenoxy) is 1. The maximum absolute atomic E-state index is 13.2. The molecule has 5 rings (SSSR count). The quantitative estimate of drug-likeness (QED) is 0.598. The van der Waals surface area contributed by atoms with Gasteiger partial charge in [-0.3, -0.25) is 9.48 Å². The van der Waals surface area contributed by atoms with Gasteiger partial charge in [0.15, 0.2) is 5.82 Å². The number of anilines is 1. The summed E-state index contributed by atoms with van der Waals surface area (Å²) < 4.78 is 7.24. The summed E-state index contributed by atoms with van der Waals surface area (Å²) in [4.78, 5) is 27.4. The van der Waals surface area contributed by atoms with Crippen molar-refractivity contribution in [3.05, 3.63) is 64.9 Å². The molecule has 0 bridgehead atoms. The minimum Gasteiger partial charge on any atom is -0.496 e. The van der Waals surface area contributed by atoms with Gasteiger partial charge in [0.1, 0.15) is 11.6 Å². The van der Waals surface area contributed by atoms with Crippen molar-refractivity contribution in [3.63, 3.8) is 0 Å². The van der Waals surface area contributed by atoms with Gasteiger partial charge < -0.3 is 14.5 Å². The number of amides is 1. The lowest BCUT2D eigenvalue weighted by Crippen LogP contribution is -2.34. The number of benzene rings is 1. The van der Waals surface area contributed by atoms with Crippen LogP contribution in [0.5, 0.6) is 5.75 Å². The minimum absolute atomic E-state index is 0.00421. The van der Waals surface area contributed by atoms with E-state index in [-0.39, 0.29) is 11.9 Å². The number of carbonyl (C=O) groups is 1. The summed E-state index contributed by atoms with van der Waals surface area (Å²) in [7, 11) is 3.53. The highest BCUT2D eigenvalue weighted by Crippen LogP contribution is 2.36. The molecule has 4 heterocycles. The van der Waals surface area contributed by atoms with Crippen LogP contribution in [0.3, 0.4) is 0 Å². The Morgan fingerprint density at radius 2 is 2.03 bits per heavy atom. The molecule has 33 heavy (non-hydrogen) atoms. The van der Waals surface area contributed by atoms with Gasteiger partial charge in [-0.1, -0.05) is 18.2 Å². The van der Waals surface area contributed by atoms with Crippen molar-refractivity contribution >= 4 is 11.7 Å². The monoisotopic (exact) mass is 446 g/mol. The zero-order valence-electron chi connectivity index (χ0n) is 19.5. The number of fused-ring (bicyclic) bond motifs is 1. The maximum atomic E-state index is 13.2. The first-order chi connectivity index (χ1) is 16.0. The van der Waals surface area contributed by atoms with E-state index in [0.29, 0.717) is 12.1 Å². The van der Waals surface area contributed by atoms with Crippen molar-refractivity contribution < 1.29 is 9.53 Å². The average molecular weight is 447 g/mol. The molecule has 1 aromatic carbocycles. The Labute approximate surface area is 194 Å². The lowest BCUT2D eigenvalue weighted by molar-refractivity contribution is 0.0729. The maximum Gasteiger partial charge on any atom is 0.257 e. The first kappa shape index (κ1) is 21.4. The highest BCUT2D eigenvalue weighted by atomic mass is 16.5. The molecule has 8 heteroatoms. The molecule has 0 saturated carbocycles. The molecule has 1 saturated heterocycles. The number of methoxy groups -OCH3 is 1. The van der Waals surface area contributed by atoms with E-state index in [9.17, 15) is 4.79 Å². The van der Waals surface area contributed by atoms with Gasteiger partial charge in [0.05, 0.1) is 24.9 Å². The zero-order valence-corrected chi connectivity index (χ0v) is 19.5. The average Bonchev–Trinajstić information content (AvgIpc) is 3.49. The zero-order chi connectivity index (χ0) is 22.9. The first-order valence-corrected chi connectivity index (χ1v) is 11.6. The second-order valence-electron chi connectivity index (χ2n) is 8.87. The van der Waals surface area contributed by atoms with E-state index in [1.54, 1.807) is 24.2 Å². The van der Waals surface area contributed by atoms with Gasteiger partial charge in [-0.05, 0) is 38.7 Å². The van der Waals surface area contributed by atoms with Crippen LogP contribution in [-0.4, -0.2) is 50.8 Å². The normalized spacial score (nSPS) is 17.8. The standard InChI is InChI=1S/C25H30N6O2/c1-17-20-9-6-12-30(16-18-8-4-5-11-22(18)33-3)24(20)28-23(27-17)21-10-7-13-31(21)25(32)19-14-26-29(2)15-19/h4-5,8,11,14-15,21H,6-7,9-10,12-13,16H2,1-3H3. The SMILES string of the molecule is COc1ccccc1CN1CCCc2c(C)nc(C3CCCN3C(=O)c3cnn(C)c3)nc21. The molecule has 1 atom stereocenters. The van der Waals surface area contributed by atoms with Crippen molar-refractivity contribution in [2.24, 2.45) is 7.05 Å². The van der Waals surface area contributed by atoms with Crippen molar-refractivity contribution in [1.82, 2.24) is 24.6 Å². The molecule has 0 aliphatic carbocycles. The molecule has 172 valence electrons. The Morgan fingerprint density at radius 3 is 2.82 bits per heavy atom. The van der Waals surface area contributed by atoms with Gasteiger partial charge in [-0.2, -0.15) is 5.10 Å². The molecule has 1 amide bonds. The van der Waals surface area contributed by atoms with Crippen molar-refractivity contribution in [2.45, 2.75) is 45.2 Å². The molecular formula is C25H30N6O2. The molecule has 0 N–H and O–H groups in total. The van der Waals surface area contributed by atoms with E-state index in [1.807, 2.05) is 30.1 Å². The molecule has 2 aromatic heterocycles. The Kier molecular flexibility index (Phi) is 5.74. The fraction of sp³-hybridized carbons (Fsp3) is 0.440. The van der Waals surface area contributed by atoms with Crippen LogP contribution in [0.25, 0.3) is 0 Å². The number of hydrogen-bond donors (Lipinski definition) is 0. The second kappa shape index (κ2) is 8.84. The highest BCUT2D eigenvalue weighted by Gasteiger charge is 2.34. The number of aromatic nitrogens is 4. The predicted molar refractivity (Wildman–Crippen MR) is 125 cm³/mol. The fourth-order valence-electron chi connectivity index (χ4n) is 5.03. The van der Waals surface area contributed by atoms with E-state index in [2.05, 4.69) is 23.0 Å². The number of hydrogen-bond acceptors (Lipinski definition) is 6. The minimum atomic E-state index is -0.114. The van der Waals surface area contributed by atoms with E-state index < -0.39 is 0 Å². The van der Waals surface area contributed by atoms with Gasteiger partial charge in [0.2, 0.25) is 0 Å². The van der Waals surface area contributed by atoms with Crippen LogP contribution >= 0.6 is 0 Å². The van der Waals surface area contributed by atoms with Crippen LogP contribution in [-0.2, 0) is 20.0 Å². The molecular weight excluding hydrogens is 416 g/mol. The summed E-state index contributed by atoms with van der Waals surface area (Å²) in [5.74, 6) is 2.62. The summed E-state index contributed by atoms with van der Waals surface area (Å²) in [6, 6.07) is 8.02. The third-order valence-electron chi connectivity index (χ3n) is 6.68. The molecule has 1 fully saturated rings. The second-order valence-corrected chi connectivity index (χ2v) is 8.87. The summed E-state index contributed by atoms with van der Waals surface area (Å²) >= 11 is 0. The van der Waals surface area contributed by atoms with Gasteiger partial charge in [0.25, 0.3) is 5.91 Å². The van der Waals surface area contributed by atoms with Crippen LogP contribution in [0.2, 0.25) is 0 Å².